The summed E-state index contributed by atoms with van der Waals surface area (Å²) < 4.78 is 19.9. The van der Waals surface area contributed by atoms with Gasteiger partial charge in [-0.2, -0.15) is 4.98 Å². The molecule has 0 spiro atoms. The number of carbonyl (C=O) groups excluding carboxylic acids is 1. The van der Waals surface area contributed by atoms with E-state index in [-0.39, 0.29) is 16.7 Å². The highest BCUT2D eigenvalue weighted by atomic mass is 35.5. The summed E-state index contributed by atoms with van der Waals surface area (Å²) in [7, 11) is 0. The van der Waals surface area contributed by atoms with Crippen molar-refractivity contribution in [3.63, 3.8) is 0 Å². The summed E-state index contributed by atoms with van der Waals surface area (Å²) in [5.41, 5.74) is 0.739. The zero-order valence-electron chi connectivity index (χ0n) is 14.1. The lowest BCUT2D eigenvalue weighted by Gasteiger charge is -2.33. The van der Waals surface area contributed by atoms with E-state index in [1.165, 1.54) is 18.2 Å². The molecule has 5 nitrogen and oxygen atoms in total. The summed E-state index contributed by atoms with van der Waals surface area (Å²) in [6.07, 6.45) is 1.37. The van der Waals surface area contributed by atoms with E-state index in [9.17, 15) is 9.18 Å². The van der Waals surface area contributed by atoms with Crippen LogP contribution in [0.1, 0.15) is 34.7 Å². The topological polar surface area (TPSA) is 55.3 Å². The summed E-state index contributed by atoms with van der Waals surface area (Å²) in [6.45, 7) is 4.59. The average Bonchev–Trinajstić information content (AvgIpc) is 2.54. The fourth-order valence-electron chi connectivity index (χ4n) is 2.99. The molecule has 25 heavy (non-hydrogen) atoms. The quantitative estimate of drug-likeness (QED) is 0.836. The zero-order valence-corrected chi connectivity index (χ0v) is 14.9. The van der Waals surface area contributed by atoms with Gasteiger partial charge >= 0.3 is 0 Å². The number of piperidine rings is 1. The molecule has 1 aliphatic heterocycles. The third kappa shape index (κ3) is 4.07. The second kappa shape index (κ2) is 7.35. The minimum absolute atomic E-state index is 0.0847. The lowest BCUT2D eigenvalue weighted by Crippen LogP contribution is -2.44. The predicted octanol–water partition coefficient (Wildman–Crippen LogP) is 3.57. The first-order valence-corrected chi connectivity index (χ1v) is 8.54. The van der Waals surface area contributed by atoms with Gasteiger partial charge in [0.2, 0.25) is 5.88 Å². The number of hydrogen-bond acceptors (Lipinski definition) is 4. The molecular weight excluding hydrogens is 345 g/mol. The Balaban J connectivity index is 1.73. The average molecular weight is 364 g/mol. The van der Waals surface area contributed by atoms with Gasteiger partial charge in [0.05, 0.1) is 17.1 Å². The number of aryl methyl sites for hydroxylation is 2. The van der Waals surface area contributed by atoms with Crippen molar-refractivity contribution in [1.82, 2.24) is 14.9 Å². The molecule has 132 valence electrons. The molecule has 0 bridgehead atoms. The Bertz CT molecular complexity index is 759. The second-order valence-electron chi connectivity index (χ2n) is 6.12. The molecule has 1 saturated heterocycles. The molecule has 1 atom stereocenters. The van der Waals surface area contributed by atoms with Crippen LogP contribution < -0.4 is 4.74 Å². The smallest absolute Gasteiger partial charge is 0.258 e. The SMILES string of the molecule is Cc1cc(OC2CCCN(C(=O)c3c(F)cccc3Cl)C2)nc(C)n1. The fraction of sp³-hybridized carbons (Fsp3) is 0.389. The van der Waals surface area contributed by atoms with Crippen molar-refractivity contribution >= 4 is 17.5 Å². The zero-order chi connectivity index (χ0) is 18.0. The van der Waals surface area contributed by atoms with Crippen LogP contribution in [-0.2, 0) is 0 Å². The number of amides is 1. The van der Waals surface area contributed by atoms with E-state index in [2.05, 4.69) is 9.97 Å². The summed E-state index contributed by atoms with van der Waals surface area (Å²) in [5.74, 6) is 0.110. The highest BCUT2D eigenvalue weighted by Gasteiger charge is 2.28. The first-order chi connectivity index (χ1) is 11.9. The largest absolute Gasteiger partial charge is 0.472 e. The number of ether oxygens (including phenoxy) is 1. The van der Waals surface area contributed by atoms with Crippen LogP contribution >= 0.6 is 11.6 Å². The highest BCUT2D eigenvalue weighted by molar-refractivity contribution is 6.33. The highest BCUT2D eigenvalue weighted by Crippen LogP contribution is 2.24. The van der Waals surface area contributed by atoms with Gasteiger partial charge in [0, 0.05) is 18.3 Å². The Kier molecular flexibility index (Phi) is 5.18. The number of hydrogen-bond donors (Lipinski definition) is 0. The van der Waals surface area contributed by atoms with Gasteiger partial charge in [0.1, 0.15) is 17.7 Å². The Morgan fingerprint density at radius 3 is 2.88 bits per heavy atom. The van der Waals surface area contributed by atoms with Crippen molar-refractivity contribution in [2.24, 2.45) is 0 Å². The van der Waals surface area contributed by atoms with E-state index in [4.69, 9.17) is 16.3 Å². The van der Waals surface area contributed by atoms with E-state index in [0.717, 1.165) is 18.5 Å². The Labute approximate surface area is 150 Å². The third-order valence-electron chi connectivity index (χ3n) is 4.07. The second-order valence-corrected chi connectivity index (χ2v) is 6.53. The molecule has 0 radical (unpaired) electrons. The molecule has 0 saturated carbocycles. The van der Waals surface area contributed by atoms with Gasteiger partial charge in [-0.05, 0) is 38.8 Å². The van der Waals surface area contributed by atoms with Crippen molar-refractivity contribution in [3.05, 3.63) is 52.2 Å². The minimum atomic E-state index is -0.609. The number of likely N-dealkylation sites (tertiary alicyclic amines) is 1. The molecule has 1 aromatic carbocycles. The lowest BCUT2D eigenvalue weighted by atomic mass is 10.1. The standard InChI is InChI=1S/C18H19ClFN3O2/c1-11-9-16(22-12(2)21-11)25-13-5-4-8-23(10-13)18(24)17-14(19)6-3-7-15(17)20/h3,6-7,9,13H,4-5,8,10H2,1-2H3. The lowest BCUT2D eigenvalue weighted by molar-refractivity contribution is 0.0523. The maximum absolute atomic E-state index is 14.0. The Morgan fingerprint density at radius 2 is 2.16 bits per heavy atom. The monoisotopic (exact) mass is 363 g/mol. The molecule has 1 aliphatic rings. The first-order valence-electron chi connectivity index (χ1n) is 8.16. The van der Waals surface area contributed by atoms with Gasteiger partial charge in [0.25, 0.3) is 5.91 Å². The van der Waals surface area contributed by atoms with Gasteiger partial charge in [-0.1, -0.05) is 17.7 Å². The number of rotatable bonds is 3. The fourth-order valence-corrected chi connectivity index (χ4v) is 3.24. The Morgan fingerprint density at radius 1 is 1.36 bits per heavy atom. The van der Waals surface area contributed by atoms with Crippen LogP contribution in [0.4, 0.5) is 4.39 Å². The van der Waals surface area contributed by atoms with Gasteiger partial charge < -0.3 is 9.64 Å². The molecule has 7 heteroatoms. The maximum atomic E-state index is 14.0. The molecule has 0 N–H and O–H groups in total. The van der Waals surface area contributed by atoms with Crippen molar-refractivity contribution in [2.75, 3.05) is 13.1 Å². The summed E-state index contributed by atoms with van der Waals surface area (Å²) in [5, 5.41) is 0.120. The molecule has 2 aromatic rings. The summed E-state index contributed by atoms with van der Waals surface area (Å²) in [6, 6.07) is 6.00. The minimum Gasteiger partial charge on any atom is -0.472 e. The summed E-state index contributed by atoms with van der Waals surface area (Å²) >= 11 is 6.01. The van der Waals surface area contributed by atoms with Crippen molar-refractivity contribution in [1.29, 1.82) is 0 Å². The van der Waals surface area contributed by atoms with E-state index in [1.54, 1.807) is 17.9 Å². The predicted molar refractivity (Wildman–Crippen MR) is 92.5 cm³/mol. The molecule has 1 aromatic heterocycles. The van der Waals surface area contributed by atoms with E-state index in [0.29, 0.717) is 24.8 Å². The number of aromatic nitrogens is 2. The first kappa shape index (κ1) is 17.6. The summed E-state index contributed by atoms with van der Waals surface area (Å²) in [4.78, 5) is 22.7. The normalized spacial score (nSPS) is 17.4. The number of halogens is 2. The van der Waals surface area contributed by atoms with E-state index >= 15 is 0 Å². The molecule has 2 heterocycles. The van der Waals surface area contributed by atoms with Gasteiger partial charge in [-0.15, -0.1) is 0 Å². The molecular formula is C18H19ClFN3O2. The van der Waals surface area contributed by atoms with Crippen LogP contribution in [0, 0.1) is 19.7 Å². The van der Waals surface area contributed by atoms with Crippen molar-refractivity contribution < 1.29 is 13.9 Å². The van der Waals surface area contributed by atoms with Crippen LogP contribution in [0.5, 0.6) is 5.88 Å². The number of nitrogens with zero attached hydrogens (tertiary/aromatic N) is 3. The van der Waals surface area contributed by atoms with Crippen LogP contribution in [0.15, 0.2) is 24.3 Å². The third-order valence-corrected chi connectivity index (χ3v) is 4.39. The van der Waals surface area contributed by atoms with Crippen molar-refractivity contribution in [3.8, 4) is 5.88 Å². The van der Waals surface area contributed by atoms with Crippen LogP contribution in [-0.4, -0.2) is 40.0 Å². The van der Waals surface area contributed by atoms with Gasteiger partial charge in [-0.3, -0.25) is 4.79 Å². The molecule has 1 amide bonds. The molecule has 3 rings (SSSR count). The van der Waals surface area contributed by atoms with E-state index < -0.39 is 11.7 Å². The van der Waals surface area contributed by atoms with Crippen LogP contribution in [0.25, 0.3) is 0 Å². The molecule has 1 unspecified atom stereocenters. The molecule has 1 fully saturated rings. The van der Waals surface area contributed by atoms with E-state index in [1.807, 2.05) is 6.92 Å². The van der Waals surface area contributed by atoms with Crippen LogP contribution in [0.2, 0.25) is 5.02 Å². The van der Waals surface area contributed by atoms with Crippen molar-refractivity contribution in [2.45, 2.75) is 32.8 Å². The Hall–Kier alpha value is -2.21. The van der Waals surface area contributed by atoms with Crippen LogP contribution in [0.3, 0.4) is 0 Å². The van der Waals surface area contributed by atoms with Gasteiger partial charge in [-0.25, -0.2) is 9.37 Å². The maximum Gasteiger partial charge on any atom is 0.258 e. The molecule has 0 aliphatic carbocycles. The van der Waals surface area contributed by atoms with Gasteiger partial charge in [0.15, 0.2) is 0 Å². The number of benzene rings is 1. The number of carbonyl (C=O) groups is 1.